The van der Waals surface area contributed by atoms with Crippen LogP contribution in [0.15, 0.2) is 41.2 Å². The van der Waals surface area contributed by atoms with Gasteiger partial charge in [0.1, 0.15) is 12.1 Å². The first-order chi connectivity index (χ1) is 11.1. The molecule has 0 radical (unpaired) electrons. The zero-order valence-electron chi connectivity index (χ0n) is 11.5. The Morgan fingerprint density at radius 3 is 2.78 bits per heavy atom. The van der Waals surface area contributed by atoms with E-state index in [0.717, 1.165) is 12.1 Å². The van der Waals surface area contributed by atoms with Gasteiger partial charge in [0.05, 0.1) is 6.20 Å². The molecule has 116 valence electrons. The van der Waals surface area contributed by atoms with Crippen molar-refractivity contribution >= 4 is 11.6 Å². The van der Waals surface area contributed by atoms with Crippen LogP contribution in [-0.2, 0) is 11.2 Å². The van der Waals surface area contributed by atoms with E-state index in [1.165, 1.54) is 24.7 Å². The molecule has 0 atom stereocenters. The van der Waals surface area contributed by atoms with Crippen LogP contribution in [0.5, 0.6) is 0 Å². The number of aromatic nitrogens is 4. The number of rotatable bonds is 4. The highest BCUT2D eigenvalue weighted by molar-refractivity contribution is 5.91. The molecule has 7 nitrogen and oxygen atoms in total. The maximum absolute atomic E-state index is 13.1. The molecule has 0 saturated carbocycles. The molecule has 0 saturated heterocycles. The first kappa shape index (κ1) is 14.7. The van der Waals surface area contributed by atoms with Gasteiger partial charge >= 0.3 is 0 Å². The van der Waals surface area contributed by atoms with Gasteiger partial charge in [-0.1, -0.05) is 0 Å². The van der Waals surface area contributed by atoms with Crippen LogP contribution in [0, 0.1) is 11.6 Å². The van der Waals surface area contributed by atoms with Gasteiger partial charge in [-0.25, -0.2) is 13.8 Å². The van der Waals surface area contributed by atoms with Crippen molar-refractivity contribution in [1.29, 1.82) is 0 Å². The molecule has 0 unspecified atom stereocenters. The van der Waals surface area contributed by atoms with E-state index in [4.69, 9.17) is 4.42 Å². The van der Waals surface area contributed by atoms with Gasteiger partial charge in [0, 0.05) is 24.1 Å². The Labute approximate surface area is 128 Å². The number of hydrogen-bond acceptors (Lipinski definition) is 6. The molecule has 1 N–H and O–H groups in total. The number of nitrogens with one attached hydrogen (secondary N) is 1. The number of benzene rings is 1. The Morgan fingerprint density at radius 1 is 1.17 bits per heavy atom. The quantitative estimate of drug-likeness (QED) is 0.791. The van der Waals surface area contributed by atoms with Crippen LogP contribution in [0.4, 0.5) is 14.5 Å². The zero-order valence-corrected chi connectivity index (χ0v) is 11.5. The normalized spacial score (nSPS) is 10.5. The van der Waals surface area contributed by atoms with E-state index >= 15 is 0 Å². The number of hydrogen-bond donors (Lipinski definition) is 1. The summed E-state index contributed by atoms with van der Waals surface area (Å²) in [6.07, 6.45) is 4.19. The summed E-state index contributed by atoms with van der Waals surface area (Å²) in [6, 6.07) is 3.05. The predicted octanol–water partition coefficient (Wildman–Crippen LogP) is 1.99. The van der Waals surface area contributed by atoms with Crippen molar-refractivity contribution < 1.29 is 18.0 Å². The van der Waals surface area contributed by atoms with Gasteiger partial charge in [-0.2, -0.15) is 0 Å². The molecular weight excluding hydrogens is 308 g/mol. The molecule has 3 rings (SSSR count). The van der Waals surface area contributed by atoms with E-state index in [-0.39, 0.29) is 23.9 Å². The smallest absolute Gasteiger partial charge is 0.267 e. The maximum Gasteiger partial charge on any atom is 0.267 e. The molecule has 0 fully saturated rings. The van der Waals surface area contributed by atoms with Crippen LogP contribution >= 0.6 is 0 Å². The number of carbonyl (C=O) groups excluding carboxylic acids is 1. The lowest BCUT2D eigenvalue weighted by molar-refractivity contribution is -0.115. The Kier molecular flexibility index (Phi) is 4.00. The summed E-state index contributed by atoms with van der Waals surface area (Å²) in [5.41, 5.74) is 0.509. The van der Waals surface area contributed by atoms with E-state index in [0.29, 0.717) is 5.69 Å². The fourth-order valence-corrected chi connectivity index (χ4v) is 1.75. The molecular formula is C14H9F2N5O2. The summed E-state index contributed by atoms with van der Waals surface area (Å²) in [5, 5.41) is 9.90. The van der Waals surface area contributed by atoms with Crippen LogP contribution in [0.3, 0.4) is 0 Å². The van der Waals surface area contributed by atoms with Gasteiger partial charge in [0.2, 0.25) is 11.8 Å². The molecule has 2 aromatic heterocycles. The third-order valence-corrected chi connectivity index (χ3v) is 2.76. The monoisotopic (exact) mass is 317 g/mol. The zero-order chi connectivity index (χ0) is 16.2. The molecule has 9 heteroatoms. The fourth-order valence-electron chi connectivity index (χ4n) is 1.75. The van der Waals surface area contributed by atoms with Gasteiger partial charge in [0.15, 0.2) is 11.6 Å². The summed E-state index contributed by atoms with van der Waals surface area (Å²) in [4.78, 5) is 19.7. The number of anilines is 1. The van der Waals surface area contributed by atoms with E-state index in [2.05, 4.69) is 25.5 Å². The first-order valence-corrected chi connectivity index (χ1v) is 6.45. The topological polar surface area (TPSA) is 93.8 Å². The molecule has 1 aromatic carbocycles. The highest BCUT2D eigenvalue weighted by atomic mass is 19.2. The van der Waals surface area contributed by atoms with E-state index < -0.39 is 17.5 Å². The highest BCUT2D eigenvalue weighted by Gasteiger charge is 2.14. The molecule has 0 bridgehead atoms. The predicted molar refractivity (Wildman–Crippen MR) is 74.0 cm³/mol. The maximum atomic E-state index is 13.1. The van der Waals surface area contributed by atoms with Crippen molar-refractivity contribution in [3.05, 3.63) is 54.3 Å². The summed E-state index contributed by atoms with van der Waals surface area (Å²) >= 11 is 0. The molecule has 0 aliphatic rings. The van der Waals surface area contributed by atoms with Gasteiger partial charge in [-0.05, 0) is 12.1 Å². The summed E-state index contributed by atoms with van der Waals surface area (Å²) in [7, 11) is 0. The van der Waals surface area contributed by atoms with Gasteiger partial charge < -0.3 is 9.73 Å². The number of nitrogens with zero attached hydrogens (tertiary/aromatic N) is 4. The average Bonchev–Trinajstić information content (AvgIpc) is 3.00. The van der Waals surface area contributed by atoms with Gasteiger partial charge in [-0.15, -0.1) is 10.2 Å². The lowest BCUT2D eigenvalue weighted by Crippen LogP contribution is -2.14. The second-order valence-electron chi connectivity index (χ2n) is 4.45. The van der Waals surface area contributed by atoms with E-state index in [9.17, 15) is 13.6 Å². The average molecular weight is 317 g/mol. The standard InChI is InChI=1S/C14H9F2N5O2/c15-9-2-1-8(5-10(9)16)19-12(22)6-13-20-21-14(23-13)11-7-17-3-4-18-11/h1-5,7H,6H2,(H,19,22). The Morgan fingerprint density at radius 2 is 2.04 bits per heavy atom. The minimum absolute atomic E-state index is 0.0609. The third kappa shape index (κ3) is 3.51. The summed E-state index contributed by atoms with van der Waals surface area (Å²) in [6.45, 7) is 0. The lowest BCUT2D eigenvalue weighted by atomic mass is 10.3. The van der Waals surface area contributed by atoms with Crippen LogP contribution in [0.2, 0.25) is 0 Å². The van der Waals surface area contributed by atoms with Crippen molar-refractivity contribution in [2.45, 2.75) is 6.42 Å². The van der Waals surface area contributed by atoms with Gasteiger partial charge in [-0.3, -0.25) is 9.78 Å². The van der Waals surface area contributed by atoms with Crippen molar-refractivity contribution in [3.8, 4) is 11.6 Å². The number of halogens is 2. The van der Waals surface area contributed by atoms with E-state index in [1.54, 1.807) is 0 Å². The number of carbonyl (C=O) groups is 1. The van der Waals surface area contributed by atoms with Crippen molar-refractivity contribution in [1.82, 2.24) is 20.2 Å². The Hall–Kier alpha value is -3.23. The lowest BCUT2D eigenvalue weighted by Gasteiger charge is -2.03. The molecule has 0 spiro atoms. The summed E-state index contributed by atoms with van der Waals surface area (Å²) in [5.74, 6) is -2.36. The Bertz CT molecular complexity index is 838. The minimum atomic E-state index is -1.05. The van der Waals surface area contributed by atoms with Crippen LogP contribution in [0.25, 0.3) is 11.6 Å². The molecule has 0 aliphatic heterocycles. The SMILES string of the molecule is O=C(Cc1nnc(-c2cnccn2)o1)Nc1ccc(F)c(F)c1. The molecule has 23 heavy (non-hydrogen) atoms. The second kappa shape index (κ2) is 6.26. The molecule has 0 aliphatic carbocycles. The molecule has 3 aromatic rings. The molecule has 2 heterocycles. The van der Waals surface area contributed by atoms with Crippen LogP contribution in [-0.4, -0.2) is 26.1 Å². The fraction of sp³-hybridized carbons (Fsp3) is 0.0714. The van der Waals surface area contributed by atoms with Crippen LogP contribution in [0.1, 0.15) is 5.89 Å². The first-order valence-electron chi connectivity index (χ1n) is 6.45. The molecule has 1 amide bonds. The highest BCUT2D eigenvalue weighted by Crippen LogP contribution is 2.15. The number of amides is 1. The second-order valence-corrected chi connectivity index (χ2v) is 4.45. The third-order valence-electron chi connectivity index (χ3n) is 2.76. The van der Waals surface area contributed by atoms with Crippen molar-refractivity contribution in [2.24, 2.45) is 0 Å². The van der Waals surface area contributed by atoms with Gasteiger partial charge in [0.25, 0.3) is 5.89 Å². The van der Waals surface area contributed by atoms with Crippen molar-refractivity contribution in [3.63, 3.8) is 0 Å². The van der Waals surface area contributed by atoms with Crippen LogP contribution < -0.4 is 5.32 Å². The van der Waals surface area contributed by atoms with Crippen molar-refractivity contribution in [2.75, 3.05) is 5.32 Å². The van der Waals surface area contributed by atoms with E-state index in [1.807, 2.05) is 0 Å². The Balaban J connectivity index is 1.66. The largest absolute Gasteiger partial charge is 0.419 e. The summed E-state index contributed by atoms with van der Waals surface area (Å²) < 4.78 is 31.2. The minimum Gasteiger partial charge on any atom is -0.419 e.